The predicted molar refractivity (Wildman–Crippen MR) is 236 cm³/mol. The second kappa shape index (κ2) is 10.5. The number of hydrogen-bond acceptors (Lipinski definition) is 5. The number of rotatable bonds is 2. The molecule has 0 aliphatic heterocycles. The van der Waals surface area contributed by atoms with E-state index in [0.717, 1.165) is 21.9 Å². The Morgan fingerprint density at radius 2 is 0.717 bits per heavy atom. The first kappa shape index (κ1) is 29.0. The fourth-order valence-corrected chi connectivity index (χ4v) is 13.3. The van der Waals surface area contributed by atoms with Gasteiger partial charge >= 0.3 is 0 Å². The van der Waals surface area contributed by atoms with E-state index in [1.54, 1.807) is 0 Å². The van der Waals surface area contributed by atoms with Gasteiger partial charge in [0, 0.05) is 82.1 Å². The molecule has 53 heavy (non-hydrogen) atoms. The van der Waals surface area contributed by atoms with E-state index >= 15 is 0 Å². The Labute approximate surface area is 318 Å². The summed E-state index contributed by atoms with van der Waals surface area (Å²) in [6.07, 6.45) is 0. The molecule has 5 aromatic heterocycles. The number of thiophene rings is 4. The standard InChI is InChI=1S/C48H24OS4/c1-3-7-39-29(5-1)30-13-14-31-35-23-27(11-17-41(35)53-48(31)47(30)52-39)25-9-15-37-33(21-25)34-22-26(10-16-38(34)49-37)28-12-18-42-36(24-28)46-44(51-42)20-19-43-45(46)32-6-2-4-8-40(32)50-43/h1-24H. The lowest BCUT2D eigenvalue weighted by Crippen LogP contribution is -1.80. The van der Waals surface area contributed by atoms with Gasteiger partial charge in [0.15, 0.2) is 0 Å². The van der Waals surface area contributed by atoms with Crippen molar-refractivity contribution >= 4 is 148 Å². The van der Waals surface area contributed by atoms with E-state index in [9.17, 15) is 0 Å². The zero-order chi connectivity index (χ0) is 34.4. The van der Waals surface area contributed by atoms with Crippen LogP contribution in [0.1, 0.15) is 0 Å². The minimum atomic E-state index is 0.918. The summed E-state index contributed by atoms with van der Waals surface area (Å²) < 4.78 is 17.3. The molecule has 5 heterocycles. The van der Waals surface area contributed by atoms with Gasteiger partial charge in [-0.15, -0.1) is 45.3 Å². The predicted octanol–water partition coefficient (Wildman–Crippen LogP) is 16.4. The SMILES string of the molecule is c1ccc2c(c1)sc1c2ccc2c3cc(-c4ccc5oc6ccc(-c7ccc8sc9ccc%10sc%11ccccc%11c%10c9c8c7)cc6c5c4)ccc3sc21. The van der Waals surface area contributed by atoms with E-state index in [4.69, 9.17) is 4.42 Å². The fraction of sp³-hybridized carbons (Fsp3) is 0. The molecule has 246 valence electrons. The molecule has 0 amide bonds. The average molecular weight is 745 g/mol. The van der Waals surface area contributed by atoms with Crippen LogP contribution in [-0.2, 0) is 0 Å². The smallest absolute Gasteiger partial charge is 0.135 e. The molecule has 0 saturated carbocycles. The number of hydrogen-bond donors (Lipinski definition) is 0. The molecule has 0 aliphatic rings. The van der Waals surface area contributed by atoms with Crippen LogP contribution in [0.15, 0.2) is 150 Å². The van der Waals surface area contributed by atoms with Crippen LogP contribution in [0.25, 0.3) is 125 Å². The molecule has 0 saturated heterocycles. The molecule has 1 nitrogen and oxygen atoms in total. The Balaban J connectivity index is 0.952. The topological polar surface area (TPSA) is 13.1 Å². The van der Waals surface area contributed by atoms with Gasteiger partial charge in [0.1, 0.15) is 11.2 Å². The van der Waals surface area contributed by atoms with Crippen molar-refractivity contribution in [1.82, 2.24) is 0 Å². The van der Waals surface area contributed by atoms with Gasteiger partial charge in [0.05, 0.1) is 9.40 Å². The first-order valence-electron chi connectivity index (χ1n) is 17.7. The van der Waals surface area contributed by atoms with Gasteiger partial charge in [-0.2, -0.15) is 0 Å². The minimum Gasteiger partial charge on any atom is -0.456 e. The molecule has 0 N–H and O–H groups in total. The van der Waals surface area contributed by atoms with E-state index in [1.165, 1.54) is 103 Å². The molecule has 5 heteroatoms. The maximum atomic E-state index is 6.42. The Bertz CT molecular complexity index is 3700. The van der Waals surface area contributed by atoms with Crippen molar-refractivity contribution in [3.8, 4) is 22.3 Å². The maximum absolute atomic E-state index is 6.42. The summed E-state index contributed by atoms with van der Waals surface area (Å²) in [5.41, 5.74) is 6.69. The third-order valence-electron chi connectivity index (χ3n) is 11.1. The van der Waals surface area contributed by atoms with Crippen LogP contribution in [0.5, 0.6) is 0 Å². The van der Waals surface area contributed by atoms with Gasteiger partial charge in [-0.3, -0.25) is 0 Å². The summed E-state index contributed by atoms with van der Waals surface area (Å²) in [6, 6.07) is 54.1. The molecule has 0 bridgehead atoms. The summed E-state index contributed by atoms with van der Waals surface area (Å²) in [5, 5.41) is 13.1. The lowest BCUT2D eigenvalue weighted by Gasteiger charge is -2.05. The van der Waals surface area contributed by atoms with E-state index in [-0.39, 0.29) is 0 Å². The second-order valence-corrected chi connectivity index (χ2v) is 18.2. The highest BCUT2D eigenvalue weighted by Gasteiger charge is 2.17. The van der Waals surface area contributed by atoms with E-state index in [1.807, 2.05) is 45.3 Å². The zero-order valence-electron chi connectivity index (χ0n) is 27.9. The maximum Gasteiger partial charge on any atom is 0.135 e. The Morgan fingerprint density at radius 3 is 1.36 bits per heavy atom. The van der Waals surface area contributed by atoms with Crippen LogP contribution in [0.2, 0.25) is 0 Å². The molecular formula is C48H24OS4. The highest BCUT2D eigenvalue weighted by molar-refractivity contribution is 7.33. The van der Waals surface area contributed by atoms with Gasteiger partial charge in [-0.1, -0.05) is 72.8 Å². The Morgan fingerprint density at radius 1 is 0.283 bits per heavy atom. The lowest BCUT2D eigenvalue weighted by molar-refractivity contribution is 0.669. The largest absolute Gasteiger partial charge is 0.456 e. The summed E-state index contributed by atoms with van der Waals surface area (Å²) >= 11 is 7.61. The quantitative estimate of drug-likeness (QED) is 0.172. The van der Waals surface area contributed by atoms with Crippen LogP contribution in [0.3, 0.4) is 0 Å². The van der Waals surface area contributed by atoms with Crippen LogP contribution >= 0.6 is 45.3 Å². The van der Waals surface area contributed by atoms with Crippen LogP contribution in [0, 0.1) is 0 Å². The van der Waals surface area contributed by atoms with Crippen molar-refractivity contribution in [3.05, 3.63) is 146 Å². The van der Waals surface area contributed by atoms with Gasteiger partial charge in [-0.25, -0.2) is 0 Å². The molecule has 0 atom stereocenters. The third-order valence-corrected chi connectivity index (χ3v) is 15.9. The monoisotopic (exact) mass is 744 g/mol. The molecule has 0 spiro atoms. The van der Waals surface area contributed by atoms with Gasteiger partial charge in [-0.05, 0) is 95.1 Å². The van der Waals surface area contributed by atoms with Crippen molar-refractivity contribution in [3.63, 3.8) is 0 Å². The number of benzene rings is 8. The normalized spacial score (nSPS) is 12.5. The third kappa shape index (κ3) is 4.05. The van der Waals surface area contributed by atoms with Crippen molar-refractivity contribution in [2.45, 2.75) is 0 Å². The highest BCUT2D eigenvalue weighted by atomic mass is 32.1. The summed E-state index contributed by atoms with van der Waals surface area (Å²) in [5.74, 6) is 0. The van der Waals surface area contributed by atoms with E-state index < -0.39 is 0 Å². The summed E-state index contributed by atoms with van der Waals surface area (Å²) in [7, 11) is 0. The molecule has 8 aromatic carbocycles. The van der Waals surface area contributed by atoms with Crippen molar-refractivity contribution in [1.29, 1.82) is 0 Å². The molecule has 0 radical (unpaired) electrons. The molecular weight excluding hydrogens is 721 g/mol. The van der Waals surface area contributed by atoms with Crippen LogP contribution < -0.4 is 0 Å². The molecule has 13 aromatic rings. The van der Waals surface area contributed by atoms with E-state index in [2.05, 4.69) is 146 Å². The van der Waals surface area contributed by atoms with Crippen molar-refractivity contribution in [2.75, 3.05) is 0 Å². The molecule has 0 aliphatic carbocycles. The molecule has 0 unspecified atom stereocenters. The summed E-state index contributed by atoms with van der Waals surface area (Å²) in [4.78, 5) is 0. The first-order valence-corrected chi connectivity index (χ1v) is 21.0. The van der Waals surface area contributed by atoms with Gasteiger partial charge in [0.25, 0.3) is 0 Å². The molecule has 13 rings (SSSR count). The zero-order valence-corrected chi connectivity index (χ0v) is 31.2. The fourth-order valence-electron chi connectivity index (χ4n) is 8.60. The first-order chi connectivity index (χ1) is 26.2. The highest BCUT2D eigenvalue weighted by Crippen LogP contribution is 2.47. The van der Waals surface area contributed by atoms with Gasteiger partial charge in [0.2, 0.25) is 0 Å². The summed E-state index contributed by atoms with van der Waals surface area (Å²) in [6.45, 7) is 0. The average Bonchev–Trinajstić information content (AvgIpc) is 4.02. The van der Waals surface area contributed by atoms with Crippen molar-refractivity contribution in [2.24, 2.45) is 0 Å². The minimum absolute atomic E-state index is 0.918. The second-order valence-electron chi connectivity index (χ2n) is 14.0. The van der Waals surface area contributed by atoms with Crippen LogP contribution in [-0.4, -0.2) is 0 Å². The van der Waals surface area contributed by atoms with Crippen molar-refractivity contribution < 1.29 is 4.42 Å². The Hall–Kier alpha value is -5.56. The molecule has 0 fully saturated rings. The van der Waals surface area contributed by atoms with Crippen LogP contribution in [0.4, 0.5) is 0 Å². The number of furan rings is 1. The lowest BCUT2D eigenvalue weighted by atomic mass is 9.98. The van der Waals surface area contributed by atoms with Gasteiger partial charge < -0.3 is 4.42 Å². The Kier molecular flexibility index (Phi) is 5.75. The van der Waals surface area contributed by atoms with E-state index in [0.29, 0.717) is 0 Å². The number of fused-ring (bicyclic) bond motifs is 17.